The van der Waals surface area contributed by atoms with E-state index >= 15 is 0 Å². The van der Waals surface area contributed by atoms with Crippen molar-refractivity contribution < 1.29 is 17.6 Å². The lowest BCUT2D eigenvalue weighted by molar-refractivity contribution is -0.137. The van der Waals surface area contributed by atoms with Crippen molar-refractivity contribution >= 4 is 15.9 Å². The number of hydrogen-bond donors (Lipinski definition) is 0. The molecule has 0 aliphatic carbocycles. The van der Waals surface area contributed by atoms with Gasteiger partial charge in [-0.05, 0) is 23.3 Å². The molecule has 2 rings (SSSR count). The SMILES string of the molecule is Fc1cccc(CBr)c1-c1ccccc1C(F)(F)F. The van der Waals surface area contributed by atoms with Crippen molar-refractivity contribution in [2.45, 2.75) is 11.5 Å². The molecule has 2 aromatic carbocycles. The van der Waals surface area contributed by atoms with Crippen molar-refractivity contribution in [3.8, 4) is 11.1 Å². The summed E-state index contributed by atoms with van der Waals surface area (Å²) in [5.74, 6) is -0.659. The number of benzene rings is 2. The van der Waals surface area contributed by atoms with Gasteiger partial charge in [0.1, 0.15) is 5.82 Å². The maximum atomic E-state index is 13.9. The highest BCUT2D eigenvalue weighted by atomic mass is 79.9. The topological polar surface area (TPSA) is 0 Å². The molecule has 0 heterocycles. The van der Waals surface area contributed by atoms with E-state index in [4.69, 9.17) is 0 Å². The summed E-state index contributed by atoms with van der Waals surface area (Å²) >= 11 is 3.17. The minimum Gasteiger partial charge on any atom is -0.206 e. The maximum Gasteiger partial charge on any atom is 0.417 e. The van der Waals surface area contributed by atoms with Gasteiger partial charge < -0.3 is 0 Å². The second-order valence-corrected chi connectivity index (χ2v) is 4.51. The van der Waals surface area contributed by atoms with Crippen LogP contribution in [0.5, 0.6) is 0 Å². The van der Waals surface area contributed by atoms with Crippen LogP contribution in [0, 0.1) is 5.82 Å². The highest BCUT2D eigenvalue weighted by Crippen LogP contribution is 2.39. The first-order chi connectivity index (χ1) is 8.95. The van der Waals surface area contributed by atoms with Gasteiger partial charge in [0.05, 0.1) is 5.56 Å². The van der Waals surface area contributed by atoms with Gasteiger partial charge in [-0.1, -0.05) is 46.3 Å². The highest BCUT2D eigenvalue weighted by molar-refractivity contribution is 9.08. The van der Waals surface area contributed by atoms with Crippen LogP contribution in [0.3, 0.4) is 0 Å². The Hall–Kier alpha value is -1.36. The van der Waals surface area contributed by atoms with Crippen LogP contribution in [-0.2, 0) is 11.5 Å². The fraction of sp³-hybridized carbons (Fsp3) is 0.143. The molecule has 2 aromatic rings. The first-order valence-corrected chi connectivity index (χ1v) is 6.57. The standard InChI is InChI=1S/C14H9BrF4/c15-8-9-4-3-7-12(16)13(9)10-5-1-2-6-11(10)14(17,18)19/h1-7H,8H2. The van der Waals surface area contributed by atoms with Gasteiger partial charge in [-0.2, -0.15) is 13.2 Å². The van der Waals surface area contributed by atoms with Gasteiger partial charge in [0.2, 0.25) is 0 Å². The van der Waals surface area contributed by atoms with Crippen LogP contribution in [-0.4, -0.2) is 0 Å². The summed E-state index contributed by atoms with van der Waals surface area (Å²) in [6.45, 7) is 0. The van der Waals surface area contributed by atoms with E-state index in [1.54, 1.807) is 6.07 Å². The first-order valence-electron chi connectivity index (χ1n) is 5.45. The number of rotatable bonds is 2. The van der Waals surface area contributed by atoms with Crippen LogP contribution in [0.2, 0.25) is 0 Å². The lowest BCUT2D eigenvalue weighted by Gasteiger charge is -2.15. The Labute approximate surface area is 116 Å². The first kappa shape index (κ1) is 14.1. The number of halogens is 5. The van der Waals surface area contributed by atoms with Crippen molar-refractivity contribution in [1.29, 1.82) is 0 Å². The molecule has 0 aromatic heterocycles. The zero-order chi connectivity index (χ0) is 14.0. The fourth-order valence-electron chi connectivity index (χ4n) is 1.93. The van der Waals surface area contributed by atoms with E-state index in [2.05, 4.69) is 15.9 Å². The number of alkyl halides is 4. The van der Waals surface area contributed by atoms with Crippen LogP contribution in [0.1, 0.15) is 11.1 Å². The molecule has 19 heavy (non-hydrogen) atoms. The van der Waals surface area contributed by atoms with E-state index in [0.29, 0.717) is 5.56 Å². The Kier molecular flexibility index (Phi) is 3.94. The monoisotopic (exact) mass is 332 g/mol. The smallest absolute Gasteiger partial charge is 0.206 e. The molecule has 0 saturated carbocycles. The van der Waals surface area contributed by atoms with Crippen LogP contribution in [0.25, 0.3) is 11.1 Å². The molecule has 0 bridgehead atoms. The van der Waals surface area contributed by atoms with Crippen LogP contribution in [0.15, 0.2) is 42.5 Å². The van der Waals surface area contributed by atoms with Crippen LogP contribution in [0.4, 0.5) is 17.6 Å². The molecule has 0 nitrogen and oxygen atoms in total. The summed E-state index contributed by atoms with van der Waals surface area (Å²) in [6, 6.07) is 9.24. The molecular weight excluding hydrogens is 324 g/mol. The molecule has 0 N–H and O–H groups in total. The zero-order valence-electron chi connectivity index (χ0n) is 9.64. The average molecular weight is 333 g/mol. The molecule has 0 aliphatic rings. The van der Waals surface area contributed by atoms with E-state index in [1.165, 1.54) is 24.3 Å². The second-order valence-electron chi connectivity index (χ2n) is 3.95. The van der Waals surface area contributed by atoms with Crippen LogP contribution >= 0.6 is 15.9 Å². The van der Waals surface area contributed by atoms with Gasteiger partial charge in [0.15, 0.2) is 0 Å². The third-order valence-electron chi connectivity index (χ3n) is 2.75. The molecule has 5 heteroatoms. The molecule has 0 aliphatic heterocycles. The van der Waals surface area contributed by atoms with E-state index < -0.39 is 17.6 Å². The Morgan fingerprint density at radius 1 is 0.947 bits per heavy atom. The molecule has 100 valence electrons. The largest absolute Gasteiger partial charge is 0.417 e. The Balaban J connectivity index is 2.73. The van der Waals surface area contributed by atoms with Gasteiger partial charge in [-0.15, -0.1) is 0 Å². The third kappa shape index (κ3) is 2.81. The molecule has 0 saturated heterocycles. The summed E-state index contributed by atoms with van der Waals surface area (Å²) in [5.41, 5.74) is -0.492. The lowest BCUT2D eigenvalue weighted by Crippen LogP contribution is -2.08. The van der Waals surface area contributed by atoms with Crippen molar-refractivity contribution in [3.05, 3.63) is 59.4 Å². The predicted molar refractivity (Wildman–Crippen MR) is 69.5 cm³/mol. The summed E-state index contributed by atoms with van der Waals surface area (Å²) in [5, 5.41) is 0.284. The van der Waals surface area contributed by atoms with E-state index in [1.807, 2.05) is 0 Å². The Bertz CT molecular complexity index is 590. The van der Waals surface area contributed by atoms with Gasteiger partial charge in [-0.3, -0.25) is 0 Å². The fourth-order valence-corrected chi connectivity index (χ4v) is 2.40. The van der Waals surface area contributed by atoms with Crippen LogP contribution < -0.4 is 0 Å². The average Bonchev–Trinajstić information content (AvgIpc) is 2.37. The molecule has 0 radical (unpaired) electrons. The molecule has 0 atom stereocenters. The predicted octanol–water partition coefficient (Wildman–Crippen LogP) is 5.41. The van der Waals surface area contributed by atoms with E-state index in [9.17, 15) is 17.6 Å². The van der Waals surface area contributed by atoms with Crippen molar-refractivity contribution in [2.24, 2.45) is 0 Å². The molecule has 0 amide bonds. The quantitative estimate of drug-likeness (QED) is 0.509. The lowest BCUT2D eigenvalue weighted by atomic mass is 9.95. The van der Waals surface area contributed by atoms with Gasteiger partial charge in [0, 0.05) is 10.9 Å². The van der Waals surface area contributed by atoms with Crippen molar-refractivity contribution in [1.82, 2.24) is 0 Å². The van der Waals surface area contributed by atoms with Crippen molar-refractivity contribution in [3.63, 3.8) is 0 Å². The summed E-state index contributed by atoms with van der Waals surface area (Å²) < 4.78 is 52.8. The number of hydrogen-bond acceptors (Lipinski definition) is 0. The minimum absolute atomic E-state index is 0.00713. The Morgan fingerprint density at radius 3 is 2.26 bits per heavy atom. The third-order valence-corrected chi connectivity index (χ3v) is 3.35. The maximum absolute atomic E-state index is 13.9. The molecule has 0 unspecified atom stereocenters. The van der Waals surface area contributed by atoms with Gasteiger partial charge in [-0.25, -0.2) is 4.39 Å². The second kappa shape index (κ2) is 5.33. The molecular formula is C14H9BrF4. The Morgan fingerprint density at radius 2 is 1.63 bits per heavy atom. The normalized spacial score (nSPS) is 11.6. The summed E-state index contributed by atoms with van der Waals surface area (Å²) in [7, 11) is 0. The van der Waals surface area contributed by atoms with Crippen molar-refractivity contribution in [2.75, 3.05) is 0 Å². The van der Waals surface area contributed by atoms with E-state index in [0.717, 1.165) is 12.1 Å². The van der Waals surface area contributed by atoms with E-state index in [-0.39, 0.29) is 16.5 Å². The van der Waals surface area contributed by atoms with Gasteiger partial charge in [0.25, 0.3) is 0 Å². The van der Waals surface area contributed by atoms with Gasteiger partial charge >= 0.3 is 6.18 Å². The summed E-state index contributed by atoms with van der Waals surface area (Å²) in [4.78, 5) is 0. The molecule has 0 fully saturated rings. The minimum atomic E-state index is -4.51. The molecule has 0 spiro atoms. The highest BCUT2D eigenvalue weighted by Gasteiger charge is 2.34. The zero-order valence-corrected chi connectivity index (χ0v) is 11.2. The summed E-state index contributed by atoms with van der Waals surface area (Å²) in [6.07, 6.45) is -4.51.